The Morgan fingerprint density at radius 3 is 2.41 bits per heavy atom. The predicted octanol–water partition coefficient (Wildman–Crippen LogP) is 5.83. The number of hydrogen-bond donors (Lipinski definition) is 2. The molecular formula is C26H29N3O4S. The average molecular weight is 480 g/mol. The fourth-order valence-electron chi connectivity index (χ4n) is 4.26. The van der Waals surface area contributed by atoms with Gasteiger partial charge in [0.2, 0.25) is 5.91 Å². The number of amides is 1. The summed E-state index contributed by atoms with van der Waals surface area (Å²) in [5.41, 5.74) is 1.50. The molecule has 0 saturated heterocycles. The molecule has 1 saturated carbocycles. The van der Waals surface area contributed by atoms with E-state index in [9.17, 15) is 4.79 Å². The summed E-state index contributed by atoms with van der Waals surface area (Å²) in [5.74, 6) is 2.96. The average Bonchev–Trinajstić information content (AvgIpc) is 2.85. The summed E-state index contributed by atoms with van der Waals surface area (Å²) in [6, 6.07) is 12.8. The van der Waals surface area contributed by atoms with Gasteiger partial charge < -0.3 is 24.8 Å². The van der Waals surface area contributed by atoms with E-state index in [4.69, 9.17) is 26.4 Å². The first-order valence-electron chi connectivity index (χ1n) is 11.4. The summed E-state index contributed by atoms with van der Waals surface area (Å²) in [5, 5.41) is 6.96. The third-order valence-corrected chi connectivity index (χ3v) is 6.20. The monoisotopic (exact) mass is 479 g/mol. The van der Waals surface area contributed by atoms with Crippen LogP contribution < -0.4 is 24.8 Å². The van der Waals surface area contributed by atoms with Crippen LogP contribution in [0.4, 0.5) is 5.69 Å². The Morgan fingerprint density at radius 1 is 1.00 bits per heavy atom. The van der Waals surface area contributed by atoms with E-state index in [-0.39, 0.29) is 5.91 Å². The number of ether oxygens (including phenoxy) is 3. The molecule has 2 N–H and O–H groups in total. The molecule has 0 atom stereocenters. The van der Waals surface area contributed by atoms with Gasteiger partial charge in [0.1, 0.15) is 11.5 Å². The molecule has 8 heteroatoms. The Morgan fingerprint density at radius 2 is 1.71 bits per heavy atom. The SMILES string of the molecule is COc1cc2nccc(Oc3ccc(NC(=S)NC(=O)CC4CCCCC4)cc3)c2cc1OC. The van der Waals surface area contributed by atoms with Crippen LogP contribution in [0.2, 0.25) is 0 Å². The summed E-state index contributed by atoms with van der Waals surface area (Å²) < 4.78 is 16.9. The van der Waals surface area contributed by atoms with Gasteiger partial charge in [-0.15, -0.1) is 0 Å². The first kappa shape index (κ1) is 23.8. The van der Waals surface area contributed by atoms with Crippen molar-refractivity contribution in [1.29, 1.82) is 0 Å². The van der Waals surface area contributed by atoms with Crippen LogP contribution in [0.15, 0.2) is 48.7 Å². The van der Waals surface area contributed by atoms with Crippen LogP contribution >= 0.6 is 12.2 Å². The molecule has 2 aromatic carbocycles. The fourth-order valence-corrected chi connectivity index (χ4v) is 4.49. The minimum atomic E-state index is -0.0269. The Bertz CT molecular complexity index is 1160. The fraction of sp³-hybridized carbons (Fsp3) is 0.346. The van der Waals surface area contributed by atoms with Crippen molar-refractivity contribution in [1.82, 2.24) is 10.3 Å². The Balaban J connectivity index is 1.37. The summed E-state index contributed by atoms with van der Waals surface area (Å²) >= 11 is 5.31. The van der Waals surface area contributed by atoms with E-state index >= 15 is 0 Å². The maximum atomic E-state index is 12.3. The molecule has 0 bridgehead atoms. The number of carbonyl (C=O) groups excluding carboxylic acids is 1. The van der Waals surface area contributed by atoms with Crippen LogP contribution in [-0.4, -0.2) is 30.2 Å². The highest BCUT2D eigenvalue weighted by atomic mass is 32.1. The van der Waals surface area contributed by atoms with Crippen molar-refractivity contribution in [3.63, 3.8) is 0 Å². The quantitative estimate of drug-likeness (QED) is 0.413. The van der Waals surface area contributed by atoms with Gasteiger partial charge >= 0.3 is 0 Å². The first-order valence-corrected chi connectivity index (χ1v) is 11.9. The van der Waals surface area contributed by atoms with Gasteiger partial charge in [-0.25, -0.2) is 0 Å². The zero-order valence-corrected chi connectivity index (χ0v) is 20.2. The van der Waals surface area contributed by atoms with Crippen molar-refractivity contribution in [2.45, 2.75) is 38.5 Å². The van der Waals surface area contributed by atoms with E-state index in [0.717, 1.165) is 29.4 Å². The highest BCUT2D eigenvalue weighted by Crippen LogP contribution is 2.37. The lowest BCUT2D eigenvalue weighted by Gasteiger charge is -2.21. The van der Waals surface area contributed by atoms with E-state index in [1.807, 2.05) is 36.4 Å². The second kappa shape index (κ2) is 11.2. The van der Waals surface area contributed by atoms with Gasteiger partial charge in [-0.1, -0.05) is 19.3 Å². The number of carbonyl (C=O) groups is 1. The van der Waals surface area contributed by atoms with E-state index in [0.29, 0.717) is 40.4 Å². The van der Waals surface area contributed by atoms with E-state index in [1.165, 1.54) is 19.3 Å². The molecule has 1 amide bonds. The standard InChI is InChI=1S/C26H29N3O4S/c1-31-23-15-20-21(16-24(23)32-2)27-13-12-22(20)33-19-10-8-18(9-11-19)28-26(34)29-25(30)14-17-6-4-3-5-7-17/h8-13,15-17H,3-7,14H2,1-2H3,(H2,28,29,30,34). The van der Waals surface area contributed by atoms with E-state index < -0.39 is 0 Å². The zero-order valence-electron chi connectivity index (χ0n) is 19.4. The molecule has 0 spiro atoms. The largest absolute Gasteiger partial charge is 0.493 e. The van der Waals surface area contributed by atoms with Crippen LogP contribution in [0.3, 0.4) is 0 Å². The molecule has 34 heavy (non-hydrogen) atoms. The number of anilines is 1. The molecule has 1 aliphatic rings. The zero-order chi connectivity index (χ0) is 23.9. The highest BCUT2D eigenvalue weighted by molar-refractivity contribution is 7.80. The maximum absolute atomic E-state index is 12.3. The van der Waals surface area contributed by atoms with Crippen LogP contribution in [-0.2, 0) is 4.79 Å². The molecule has 7 nitrogen and oxygen atoms in total. The predicted molar refractivity (Wildman–Crippen MR) is 137 cm³/mol. The number of hydrogen-bond acceptors (Lipinski definition) is 6. The highest BCUT2D eigenvalue weighted by Gasteiger charge is 2.17. The number of nitrogens with zero attached hydrogens (tertiary/aromatic N) is 1. The van der Waals surface area contributed by atoms with Gasteiger partial charge in [0, 0.05) is 29.8 Å². The number of pyridine rings is 1. The van der Waals surface area contributed by atoms with Crippen LogP contribution in [0.25, 0.3) is 10.9 Å². The molecular weight excluding hydrogens is 450 g/mol. The number of methoxy groups -OCH3 is 2. The summed E-state index contributed by atoms with van der Waals surface area (Å²) in [6.45, 7) is 0. The lowest BCUT2D eigenvalue weighted by Crippen LogP contribution is -2.35. The maximum Gasteiger partial charge on any atom is 0.226 e. The van der Waals surface area contributed by atoms with Crippen LogP contribution in [0.5, 0.6) is 23.0 Å². The molecule has 0 unspecified atom stereocenters. The lowest BCUT2D eigenvalue weighted by atomic mass is 9.87. The molecule has 1 fully saturated rings. The number of nitrogens with one attached hydrogen (secondary N) is 2. The van der Waals surface area contributed by atoms with E-state index in [2.05, 4.69) is 15.6 Å². The second-order valence-electron chi connectivity index (χ2n) is 8.37. The number of rotatable bonds is 7. The van der Waals surface area contributed by atoms with Crippen LogP contribution in [0, 0.1) is 5.92 Å². The minimum Gasteiger partial charge on any atom is -0.493 e. The first-order chi connectivity index (χ1) is 16.6. The number of aromatic nitrogens is 1. The molecule has 1 aromatic heterocycles. The summed E-state index contributed by atoms with van der Waals surface area (Å²) in [4.78, 5) is 16.7. The number of fused-ring (bicyclic) bond motifs is 1. The molecule has 178 valence electrons. The number of thiocarbonyl (C=S) groups is 1. The van der Waals surface area contributed by atoms with Gasteiger partial charge in [-0.2, -0.15) is 0 Å². The van der Waals surface area contributed by atoms with Gasteiger partial charge in [0.15, 0.2) is 16.6 Å². The van der Waals surface area contributed by atoms with Gasteiger partial charge in [-0.05, 0) is 67.4 Å². The summed E-state index contributed by atoms with van der Waals surface area (Å²) in [6.07, 6.45) is 8.18. The van der Waals surface area contributed by atoms with Crippen molar-refractivity contribution in [3.8, 4) is 23.0 Å². The third kappa shape index (κ3) is 5.94. The Labute approximate surface area is 204 Å². The smallest absolute Gasteiger partial charge is 0.226 e. The van der Waals surface area contributed by atoms with E-state index in [1.54, 1.807) is 26.5 Å². The molecule has 0 aliphatic heterocycles. The molecule has 1 aliphatic carbocycles. The van der Waals surface area contributed by atoms with Gasteiger partial charge in [0.25, 0.3) is 0 Å². The third-order valence-electron chi connectivity index (χ3n) is 6.00. The van der Waals surface area contributed by atoms with Crippen LogP contribution in [0.1, 0.15) is 38.5 Å². The molecule has 4 rings (SSSR count). The molecule has 1 heterocycles. The van der Waals surface area contributed by atoms with Crippen molar-refractivity contribution >= 4 is 39.8 Å². The number of benzene rings is 2. The summed E-state index contributed by atoms with van der Waals surface area (Å²) in [7, 11) is 3.18. The van der Waals surface area contributed by atoms with Crippen molar-refractivity contribution in [3.05, 3.63) is 48.7 Å². The molecule has 3 aromatic rings. The van der Waals surface area contributed by atoms with Crippen molar-refractivity contribution in [2.24, 2.45) is 5.92 Å². The van der Waals surface area contributed by atoms with Crippen molar-refractivity contribution in [2.75, 3.05) is 19.5 Å². The topological polar surface area (TPSA) is 81.7 Å². The van der Waals surface area contributed by atoms with Gasteiger partial charge in [-0.3, -0.25) is 9.78 Å². The van der Waals surface area contributed by atoms with Crippen molar-refractivity contribution < 1.29 is 19.0 Å². The van der Waals surface area contributed by atoms with Gasteiger partial charge in [0.05, 0.1) is 19.7 Å². The normalized spacial score (nSPS) is 13.8. The Hall–Kier alpha value is -3.39. The molecule has 0 radical (unpaired) electrons. The Kier molecular flexibility index (Phi) is 7.80. The second-order valence-corrected chi connectivity index (χ2v) is 8.78. The lowest BCUT2D eigenvalue weighted by molar-refractivity contribution is -0.120. The minimum absolute atomic E-state index is 0.0269.